The molecular formula is C15H24N2O. The minimum absolute atomic E-state index is 0.0369. The third-order valence-electron chi connectivity index (χ3n) is 2.79. The van der Waals surface area contributed by atoms with Gasteiger partial charge in [0.1, 0.15) is 0 Å². The molecule has 1 aromatic rings. The maximum Gasteiger partial charge on any atom is 0.255 e. The molecule has 0 aliphatic rings. The van der Waals surface area contributed by atoms with Gasteiger partial charge in [0.2, 0.25) is 0 Å². The van der Waals surface area contributed by atoms with Crippen LogP contribution in [0.1, 0.15) is 37.6 Å². The zero-order chi connectivity index (χ0) is 13.7. The summed E-state index contributed by atoms with van der Waals surface area (Å²) in [7, 11) is 3.55. The predicted molar refractivity (Wildman–Crippen MR) is 77.0 cm³/mol. The van der Waals surface area contributed by atoms with Crippen molar-refractivity contribution in [2.75, 3.05) is 19.4 Å². The number of benzene rings is 1. The molecule has 100 valence electrons. The van der Waals surface area contributed by atoms with Crippen LogP contribution in [0.4, 0.5) is 5.69 Å². The highest BCUT2D eigenvalue weighted by molar-refractivity contribution is 5.99. The molecule has 18 heavy (non-hydrogen) atoms. The summed E-state index contributed by atoms with van der Waals surface area (Å²) in [5, 5.41) is 3.43. The van der Waals surface area contributed by atoms with Crippen molar-refractivity contribution in [1.82, 2.24) is 4.90 Å². The Bertz CT molecular complexity index is 399. The Labute approximate surface area is 110 Å². The van der Waals surface area contributed by atoms with Crippen molar-refractivity contribution in [2.24, 2.45) is 5.92 Å². The van der Waals surface area contributed by atoms with Crippen LogP contribution in [0.5, 0.6) is 0 Å². The number of nitrogens with one attached hydrogen (secondary N) is 1. The normalized spacial score (nSPS) is 12.3. The molecule has 0 spiro atoms. The second kappa shape index (κ2) is 6.43. The smallest absolute Gasteiger partial charge is 0.255 e. The Kier molecular flexibility index (Phi) is 5.20. The highest BCUT2D eigenvalue weighted by Crippen LogP contribution is 2.19. The summed E-state index contributed by atoms with van der Waals surface area (Å²) in [6.07, 6.45) is 1.09. The summed E-state index contributed by atoms with van der Waals surface area (Å²) >= 11 is 0. The standard InChI is InChI=1S/C15H24N2O/c1-11(2)10-12(3)16-14-9-7-6-8-13(14)15(18)17(4)5/h6-9,11-12,16H,10H2,1-5H3. The van der Waals surface area contributed by atoms with Gasteiger partial charge in [-0.15, -0.1) is 0 Å². The molecule has 0 bridgehead atoms. The fraction of sp³-hybridized carbons (Fsp3) is 0.533. The van der Waals surface area contributed by atoms with Gasteiger partial charge >= 0.3 is 0 Å². The SMILES string of the molecule is CC(C)CC(C)Nc1ccccc1C(=O)N(C)C. The van der Waals surface area contributed by atoms with Crippen molar-refractivity contribution in [3.8, 4) is 0 Å². The Morgan fingerprint density at radius 1 is 1.22 bits per heavy atom. The van der Waals surface area contributed by atoms with Crippen molar-refractivity contribution in [3.05, 3.63) is 29.8 Å². The molecule has 0 aliphatic heterocycles. The van der Waals surface area contributed by atoms with Crippen LogP contribution in [-0.2, 0) is 0 Å². The second-order valence-electron chi connectivity index (χ2n) is 5.42. The van der Waals surface area contributed by atoms with Gasteiger partial charge in [0.05, 0.1) is 5.56 Å². The first-order valence-electron chi connectivity index (χ1n) is 6.49. The molecule has 0 heterocycles. The fourth-order valence-corrected chi connectivity index (χ4v) is 2.07. The zero-order valence-electron chi connectivity index (χ0n) is 12.0. The number of para-hydroxylation sites is 1. The lowest BCUT2D eigenvalue weighted by Crippen LogP contribution is -2.25. The van der Waals surface area contributed by atoms with E-state index in [0.29, 0.717) is 12.0 Å². The van der Waals surface area contributed by atoms with Crippen molar-refractivity contribution < 1.29 is 4.79 Å². The van der Waals surface area contributed by atoms with E-state index in [9.17, 15) is 4.79 Å². The highest BCUT2D eigenvalue weighted by Gasteiger charge is 2.14. The highest BCUT2D eigenvalue weighted by atomic mass is 16.2. The van der Waals surface area contributed by atoms with Crippen molar-refractivity contribution in [1.29, 1.82) is 0 Å². The number of nitrogens with zero attached hydrogens (tertiary/aromatic N) is 1. The molecule has 3 nitrogen and oxygen atoms in total. The van der Waals surface area contributed by atoms with Crippen molar-refractivity contribution in [3.63, 3.8) is 0 Å². The average Bonchev–Trinajstić information content (AvgIpc) is 2.27. The third kappa shape index (κ3) is 4.06. The molecule has 0 fully saturated rings. The van der Waals surface area contributed by atoms with Crippen LogP contribution >= 0.6 is 0 Å². The lowest BCUT2D eigenvalue weighted by Gasteiger charge is -2.20. The number of amides is 1. The minimum atomic E-state index is 0.0369. The van der Waals surface area contributed by atoms with Crippen LogP contribution in [-0.4, -0.2) is 30.9 Å². The first-order chi connectivity index (χ1) is 8.41. The number of hydrogen-bond acceptors (Lipinski definition) is 2. The van der Waals surface area contributed by atoms with E-state index in [1.165, 1.54) is 0 Å². The summed E-state index contributed by atoms with van der Waals surface area (Å²) in [6, 6.07) is 8.05. The fourth-order valence-electron chi connectivity index (χ4n) is 2.07. The van der Waals surface area contributed by atoms with Crippen LogP contribution in [0.15, 0.2) is 24.3 Å². The van der Waals surface area contributed by atoms with E-state index in [1.807, 2.05) is 24.3 Å². The van der Waals surface area contributed by atoms with Crippen LogP contribution in [0.3, 0.4) is 0 Å². The summed E-state index contributed by atoms with van der Waals surface area (Å²) in [4.78, 5) is 13.7. The predicted octanol–water partition coefficient (Wildman–Crippen LogP) is 3.23. The van der Waals surface area contributed by atoms with E-state index in [2.05, 4.69) is 26.1 Å². The van der Waals surface area contributed by atoms with E-state index in [0.717, 1.165) is 17.7 Å². The third-order valence-corrected chi connectivity index (χ3v) is 2.79. The van der Waals surface area contributed by atoms with E-state index < -0.39 is 0 Å². The molecule has 0 saturated carbocycles. The topological polar surface area (TPSA) is 32.3 Å². The van der Waals surface area contributed by atoms with Gasteiger partial charge in [-0.3, -0.25) is 4.79 Å². The van der Waals surface area contributed by atoms with Crippen LogP contribution in [0.25, 0.3) is 0 Å². The molecule has 0 aliphatic carbocycles. The van der Waals surface area contributed by atoms with Gasteiger partial charge < -0.3 is 10.2 Å². The quantitative estimate of drug-likeness (QED) is 0.867. The van der Waals surface area contributed by atoms with Gasteiger partial charge in [0.15, 0.2) is 0 Å². The maximum atomic E-state index is 12.1. The minimum Gasteiger partial charge on any atom is -0.382 e. The second-order valence-corrected chi connectivity index (χ2v) is 5.42. The van der Waals surface area contributed by atoms with Crippen LogP contribution in [0.2, 0.25) is 0 Å². The van der Waals surface area contributed by atoms with Gasteiger partial charge in [-0.2, -0.15) is 0 Å². The first kappa shape index (κ1) is 14.6. The summed E-state index contributed by atoms with van der Waals surface area (Å²) in [5.74, 6) is 0.680. The average molecular weight is 248 g/mol. The van der Waals surface area contributed by atoms with Crippen molar-refractivity contribution in [2.45, 2.75) is 33.2 Å². The summed E-state index contributed by atoms with van der Waals surface area (Å²) in [6.45, 7) is 6.56. The van der Waals surface area contributed by atoms with E-state index in [1.54, 1.807) is 19.0 Å². The molecule has 1 rings (SSSR count). The van der Waals surface area contributed by atoms with Crippen molar-refractivity contribution >= 4 is 11.6 Å². The van der Waals surface area contributed by atoms with Gasteiger partial charge in [-0.1, -0.05) is 26.0 Å². The number of carbonyl (C=O) groups excluding carboxylic acids is 1. The maximum absolute atomic E-state index is 12.1. The Morgan fingerprint density at radius 3 is 2.39 bits per heavy atom. The summed E-state index contributed by atoms with van der Waals surface area (Å²) in [5.41, 5.74) is 1.66. The number of rotatable bonds is 5. The van der Waals surface area contributed by atoms with Gasteiger partial charge in [0.25, 0.3) is 5.91 Å². The monoisotopic (exact) mass is 248 g/mol. The molecule has 1 unspecified atom stereocenters. The lowest BCUT2D eigenvalue weighted by atomic mass is 10.0. The molecule has 0 saturated heterocycles. The molecule has 1 amide bonds. The molecule has 1 N–H and O–H groups in total. The Balaban J connectivity index is 2.86. The molecule has 0 aromatic heterocycles. The molecule has 0 radical (unpaired) electrons. The van der Waals surface area contributed by atoms with E-state index in [-0.39, 0.29) is 5.91 Å². The van der Waals surface area contributed by atoms with E-state index in [4.69, 9.17) is 0 Å². The Hall–Kier alpha value is -1.51. The number of carbonyl (C=O) groups is 1. The van der Waals surface area contributed by atoms with Gasteiger partial charge in [-0.25, -0.2) is 0 Å². The molecular weight excluding hydrogens is 224 g/mol. The number of anilines is 1. The summed E-state index contributed by atoms with van der Waals surface area (Å²) < 4.78 is 0. The number of hydrogen-bond donors (Lipinski definition) is 1. The first-order valence-corrected chi connectivity index (χ1v) is 6.49. The zero-order valence-corrected chi connectivity index (χ0v) is 12.0. The molecule has 1 atom stereocenters. The van der Waals surface area contributed by atoms with Gasteiger partial charge in [-0.05, 0) is 31.4 Å². The van der Waals surface area contributed by atoms with Crippen LogP contribution < -0.4 is 5.32 Å². The van der Waals surface area contributed by atoms with Crippen LogP contribution in [0, 0.1) is 5.92 Å². The van der Waals surface area contributed by atoms with E-state index >= 15 is 0 Å². The lowest BCUT2D eigenvalue weighted by molar-refractivity contribution is 0.0828. The van der Waals surface area contributed by atoms with Gasteiger partial charge in [0, 0.05) is 25.8 Å². The molecule has 3 heteroatoms. The Morgan fingerprint density at radius 2 is 1.83 bits per heavy atom. The molecule has 1 aromatic carbocycles. The largest absolute Gasteiger partial charge is 0.382 e.